The number of rotatable bonds is 4. The minimum absolute atomic E-state index is 0.0158. The molecular weight excluding hydrogens is 456 g/mol. The zero-order chi connectivity index (χ0) is 19.9. The maximum atomic E-state index is 12.1. The normalized spacial score (nSPS) is 25.0. The monoisotopic (exact) mass is 474 g/mol. The molecule has 10 heteroatoms. The molecule has 0 radical (unpaired) electrons. The second-order valence-electron chi connectivity index (χ2n) is 6.74. The van der Waals surface area contributed by atoms with Crippen LogP contribution < -0.4 is 4.90 Å². The smallest absolute Gasteiger partial charge is 0.303 e. The van der Waals surface area contributed by atoms with Crippen molar-refractivity contribution in [3.63, 3.8) is 0 Å². The summed E-state index contributed by atoms with van der Waals surface area (Å²) in [5, 5.41) is 9.01. The van der Waals surface area contributed by atoms with E-state index in [4.69, 9.17) is 5.11 Å². The van der Waals surface area contributed by atoms with Crippen molar-refractivity contribution in [3.8, 4) is 0 Å². The number of anilines is 1. The topological polar surface area (TPSA) is 104 Å². The molecule has 2 fully saturated rings. The largest absolute Gasteiger partial charge is 0.481 e. The Morgan fingerprint density at radius 2 is 1.89 bits per heavy atom. The number of carbonyl (C=O) groups excluding carboxylic acids is 1. The Labute approximate surface area is 170 Å². The molecule has 0 bridgehead atoms. The first-order chi connectivity index (χ1) is 12.6. The number of aliphatic carboxylic acids is 1. The number of aryl methyl sites for hydroxylation is 2. The molecule has 3 rings (SSSR count). The van der Waals surface area contributed by atoms with Crippen molar-refractivity contribution in [2.24, 2.45) is 4.99 Å². The van der Waals surface area contributed by atoms with Gasteiger partial charge >= 0.3 is 5.97 Å². The number of nitrogens with zero attached hydrogens (tertiary/aromatic N) is 2. The van der Waals surface area contributed by atoms with Crippen LogP contribution in [0.25, 0.3) is 0 Å². The van der Waals surface area contributed by atoms with Gasteiger partial charge in [-0.3, -0.25) is 9.59 Å². The summed E-state index contributed by atoms with van der Waals surface area (Å²) in [6.07, 6.45) is -0.461. The number of thioether (sulfide) groups is 1. The van der Waals surface area contributed by atoms with Gasteiger partial charge in [-0.1, -0.05) is 27.7 Å². The van der Waals surface area contributed by atoms with Crippen LogP contribution in [0, 0.1) is 13.8 Å². The van der Waals surface area contributed by atoms with Gasteiger partial charge in [-0.2, -0.15) is 4.99 Å². The van der Waals surface area contributed by atoms with Crippen LogP contribution >= 0.6 is 27.7 Å². The Morgan fingerprint density at radius 3 is 2.48 bits per heavy atom. The lowest BCUT2D eigenvalue weighted by molar-refractivity contribution is -0.138. The number of hydrogen-bond donors (Lipinski definition) is 1. The van der Waals surface area contributed by atoms with Gasteiger partial charge in [-0.15, -0.1) is 0 Å². The molecule has 146 valence electrons. The van der Waals surface area contributed by atoms with Crippen LogP contribution in [0.1, 0.15) is 24.0 Å². The molecule has 2 aliphatic rings. The lowest BCUT2D eigenvalue weighted by atomic mass is 10.1. The fourth-order valence-corrected chi connectivity index (χ4v) is 8.09. The lowest BCUT2D eigenvalue weighted by Crippen LogP contribution is -2.38. The van der Waals surface area contributed by atoms with Crippen LogP contribution in [0.15, 0.2) is 21.6 Å². The van der Waals surface area contributed by atoms with Gasteiger partial charge in [0.2, 0.25) is 5.91 Å². The molecule has 7 nitrogen and oxygen atoms in total. The van der Waals surface area contributed by atoms with E-state index in [-0.39, 0.29) is 35.6 Å². The van der Waals surface area contributed by atoms with Gasteiger partial charge in [-0.25, -0.2) is 8.42 Å². The summed E-state index contributed by atoms with van der Waals surface area (Å²) in [7, 11) is -3.14. The summed E-state index contributed by atoms with van der Waals surface area (Å²) in [4.78, 5) is 28.8. The highest BCUT2D eigenvalue weighted by Crippen LogP contribution is 2.43. The number of hydrogen-bond acceptors (Lipinski definition) is 5. The highest BCUT2D eigenvalue weighted by molar-refractivity contribution is 9.10. The van der Waals surface area contributed by atoms with Crippen LogP contribution in [0.3, 0.4) is 0 Å². The summed E-state index contributed by atoms with van der Waals surface area (Å²) >= 11 is 4.75. The summed E-state index contributed by atoms with van der Waals surface area (Å²) in [5.74, 6) is -1.50. The number of carbonyl (C=O) groups is 2. The van der Waals surface area contributed by atoms with E-state index in [1.54, 1.807) is 0 Å². The Kier molecular flexibility index (Phi) is 5.69. The molecule has 1 aromatic rings. The van der Waals surface area contributed by atoms with Crippen molar-refractivity contribution >= 4 is 60.3 Å². The van der Waals surface area contributed by atoms with Crippen LogP contribution in [-0.4, -0.2) is 53.4 Å². The number of benzene rings is 1. The van der Waals surface area contributed by atoms with Crippen molar-refractivity contribution in [2.45, 2.75) is 38.0 Å². The quantitative estimate of drug-likeness (QED) is 0.714. The van der Waals surface area contributed by atoms with Gasteiger partial charge in [0.1, 0.15) is 0 Å². The fourth-order valence-electron chi connectivity index (χ4n) is 3.49. The Morgan fingerprint density at radius 1 is 1.26 bits per heavy atom. The summed E-state index contributed by atoms with van der Waals surface area (Å²) in [5.41, 5.74) is 2.73. The van der Waals surface area contributed by atoms with E-state index < -0.39 is 21.7 Å². The van der Waals surface area contributed by atoms with Gasteiger partial charge in [0.25, 0.3) is 0 Å². The maximum absolute atomic E-state index is 12.1. The van der Waals surface area contributed by atoms with Crippen molar-refractivity contribution in [1.82, 2.24) is 0 Å². The standard InChI is InChI=1S/C17H19BrN2O5S2/c1-9-5-11(18)6-10(2)16(9)20-12-7-27(24,25)8-13(12)26-17(20)19-14(21)3-4-15(22)23/h5-6,12-13H,3-4,7-8H2,1-2H3,(H,22,23)/t12-,13+/m0/s1. The third-order valence-electron chi connectivity index (χ3n) is 4.54. The predicted octanol–water partition coefficient (Wildman–Crippen LogP) is 2.53. The Bertz CT molecular complexity index is 922. The number of carboxylic acid groups (broad SMARTS) is 1. The van der Waals surface area contributed by atoms with E-state index in [0.717, 1.165) is 21.3 Å². The van der Waals surface area contributed by atoms with Gasteiger partial charge < -0.3 is 10.0 Å². The zero-order valence-corrected chi connectivity index (χ0v) is 18.0. The molecule has 2 aliphatic heterocycles. The molecule has 0 aromatic heterocycles. The van der Waals surface area contributed by atoms with Crippen molar-refractivity contribution < 1.29 is 23.1 Å². The first kappa shape index (κ1) is 20.3. The molecule has 0 unspecified atom stereocenters. The average molecular weight is 475 g/mol. The third-order valence-corrected chi connectivity index (χ3v) is 8.20. The Hall–Kier alpha value is -1.39. The number of halogens is 1. The van der Waals surface area contributed by atoms with Crippen molar-refractivity contribution in [2.75, 3.05) is 16.4 Å². The molecule has 27 heavy (non-hydrogen) atoms. The average Bonchev–Trinajstić information content (AvgIpc) is 2.97. The Balaban J connectivity index is 2.02. The van der Waals surface area contributed by atoms with E-state index in [2.05, 4.69) is 20.9 Å². The van der Waals surface area contributed by atoms with E-state index in [0.29, 0.717) is 5.17 Å². The molecule has 0 spiro atoms. The van der Waals surface area contributed by atoms with Crippen LogP contribution in [0.4, 0.5) is 5.69 Å². The van der Waals surface area contributed by atoms with Gasteiger partial charge in [0.05, 0.1) is 24.0 Å². The summed E-state index contributed by atoms with van der Waals surface area (Å²) in [6.45, 7) is 3.86. The van der Waals surface area contributed by atoms with Gasteiger partial charge in [-0.05, 0) is 37.1 Å². The summed E-state index contributed by atoms with van der Waals surface area (Å²) < 4.78 is 25.2. The summed E-state index contributed by atoms with van der Waals surface area (Å²) in [6, 6.07) is 3.59. The highest BCUT2D eigenvalue weighted by Gasteiger charge is 2.50. The lowest BCUT2D eigenvalue weighted by Gasteiger charge is -2.28. The van der Waals surface area contributed by atoms with Crippen LogP contribution in [-0.2, 0) is 19.4 Å². The van der Waals surface area contributed by atoms with E-state index in [9.17, 15) is 18.0 Å². The van der Waals surface area contributed by atoms with Crippen LogP contribution in [0.5, 0.6) is 0 Å². The van der Waals surface area contributed by atoms with Crippen molar-refractivity contribution in [1.29, 1.82) is 0 Å². The SMILES string of the molecule is Cc1cc(Br)cc(C)c1N1C(=NC(=O)CCC(=O)O)S[C@@H]2CS(=O)(=O)C[C@@H]21. The highest BCUT2D eigenvalue weighted by atomic mass is 79.9. The van der Waals surface area contributed by atoms with E-state index in [1.165, 1.54) is 11.8 Å². The molecular formula is C17H19BrN2O5S2. The molecule has 1 aromatic carbocycles. The van der Waals surface area contributed by atoms with Gasteiger partial charge in [0.15, 0.2) is 15.0 Å². The molecule has 2 saturated heterocycles. The second-order valence-corrected chi connectivity index (χ2v) is 11.0. The first-order valence-corrected chi connectivity index (χ1v) is 11.8. The number of fused-ring (bicyclic) bond motifs is 1. The minimum Gasteiger partial charge on any atom is -0.481 e. The number of sulfone groups is 1. The molecule has 2 atom stereocenters. The molecule has 0 saturated carbocycles. The van der Waals surface area contributed by atoms with Crippen LogP contribution in [0.2, 0.25) is 0 Å². The van der Waals surface area contributed by atoms with Gasteiger partial charge in [0, 0.05) is 21.8 Å². The molecule has 2 heterocycles. The van der Waals surface area contributed by atoms with Crippen molar-refractivity contribution in [3.05, 3.63) is 27.7 Å². The minimum atomic E-state index is -3.14. The number of carboxylic acids is 1. The van der Waals surface area contributed by atoms with E-state index in [1.807, 2.05) is 30.9 Å². The predicted molar refractivity (Wildman–Crippen MR) is 109 cm³/mol. The van der Waals surface area contributed by atoms with E-state index >= 15 is 0 Å². The fraction of sp³-hybridized carbons (Fsp3) is 0.471. The number of amides is 1. The third kappa shape index (κ3) is 4.38. The number of amidine groups is 1. The molecule has 1 amide bonds. The maximum Gasteiger partial charge on any atom is 0.303 e. The molecule has 1 N–H and O–H groups in total. The number of aliphatic imine (C=N–C) groups is 1. The zero-order valence-electron chi connectivity index (χ0n) is 14.8. The molecule has 0 aliphatic carbocycles. The first-order valence-electron chi connectivity index (χ1n) is 8.34. The second kappa shape index (κ2) is 7.56.